The molecule has 1 aliphatic rings. The molecule has 86 valence electrons. The molecule has 0 spiro atoms. The van der Waals surface area contributed by atoms with Crippen molar-refractivity contribution in [2.24, 2.45) is 0 Å². The fourth-order valence-electron chi connectivity index (χ4n) is 2.17. The molecule has 0 atom stereocenters. The first-order valence-corrected chi connectivity index (χ1v) is 6.75. The third-order valence-corrected chi connectivity index (χ3v) is 3.29. The van der Waals surface area contributed by atoms with E-state index in [1.807, 2.05) is 0 Å². The van der Waals surface area contributed by atoms with Gasteiger partial charge in [-0.25, -0.2) is 0 Å². The molecular weight excluding hydrogens is 180 g/mol. The van der Waals surface area contributed by atoms with Gasteiger partial charge in [0.2, 0.25) is 0 Å². The zero-order valence-corrected chi connectivity index (χ0v) is 10.5. The van der Waals surface area contributed by atoms with Gasteiger partial charge < -0.3 is 0 Å². The lowest BCUT2D eigenvalue weighted by Crippen LogP contribution is -1.81. The van der Waals surface area contributed by atoms with Crippen LogP contribution in [0.5, 0.6) is 0 Å². The molecule has 1 aliphatic carbocycles. The summed E-state index contributed by atoms with van der Waals surface area (Å²) in [5, 5.41) is 0. The Morgan fingerprint density at radius 3 is 2.40 bits per heavy atom. The molecule has 0 aromatic carbocycles. The Morgan fingerprint density at radius 2 is 1.73 bits per heavy atom. The van der Waals surface area contributed by atoms with Crippen LogP contribution in [-0.2, 0) is 0 Å². The first kappa shape index (κ1) is 12.5. The van der Waals surface area contributed by atoms with Crippen LogP contribution in [0.15, 0.2) is 23.3 Å². The van der Waals surface area contributed by atoms with Crippen LogP contribution in [0.1, 0.15) is 71.6 Å². The van der Waals surface area contributed by atoms with E-state index in [1.165, 1.54) is 57.8 Å². The number of rotatable bonds is 8. The molecule has 0 aliphatic heterocycles. The van der Waals surface area contributed by atoms with Gasteiger partial charge in [0.1, 0.15) is 0 Å². The van der Waals surface area contributed by atoms with Crippen LogP contribution in [0.3, 0.4) is 0 Å². The Hall–Kier alpha value is -0.520. The molecule has 15 heavy (non-hydrogen) atoms. The standard InChI is InChI=1S/C15H26/c1-3-5-6-7-8-9-10-15-12-11-14(4-2)13-15/h12-13H,3-11H2,1-2H3. The van der Waals surface area contributed by atoms with E-state index in [9.17, 15) is 0 Å². The molecule has 0 fully saturated rings. The molecule has 0 aromatic heterocycles. The van der Waals surface area contributed by atoms with Crippen molar-refractivity contribution in [2.45, 2.75) is 71.6 Å². The van der Waals surface area contributed by atoms with E-state index in [0.717, 1.165) is 0 Å². The molecule has 1 rings (SSSR count). The highest BCUT2D eigenvalue weighted by molar-refractivity contribution is 5.32. The quantitative estimate of drug-likeness (QED) is 0.466. The van der Waals surface area contributed by atoms with Crippen LogP contribution < -0.4 is 0 Å². The van der Waals surface area contributed by atoms with E-state index in [-0.39, 0.29) is 0 Å². The summed E-state index contributed by atoms with van der Waals surface area (Å²) in [6.07, 6.45) is 17.1. The fraction of sp³-hybridized carbons (Fsp3) is 0.733. The Balaban J connectivity index is 1.99. The SMILES string of the molecule is CCCCCCCCC1=CCC(CC)=C1. The van der Waals surface area contributed by atoms with Gasteiger partial charge in [-0.1, -0.05) is 69.2 Å². The lowest BCUT2D eigenvalue weighted by atomic mass is 10.1. The van der Waals surface area contributed by atoms with Crippen LogP contribution in [0, 0.1) is 0 Å². The first-order valence-electron chi connectivity index (χ1n) is 6.75. The number of hydrogen-bond donors (Lipinski definition) is 0. The third kappa shape index (κ3) is 5.20. The van der Waals surface area contributed by atoms with Crippen LogP contribution in [0.2, 0.25) is 0 Å². The smallest absolute Gasteiger partial charge is 0.0130 e. The highest BCUT2D eigenvalue weighted by atomic mass is 14.1. The summed E-state index contributed by atoms with van der Waals surface area (Å²) in [6, 6.07) is 0. The van der Waals surface area contributed by atoms with Gasteiger partial charge in [0.05, 0.1) is 0 Å². The van der Waals surface area contributed by atoms with Crippen LogP contribution >= 0.6 is 0 Å². The molecule has 0 saturated heterocycles. The molecule has 0 amide bonds. The maximum atomic E-state index is 2.42. The van der Waals surface area contributed by atoms with E-state index in [2.05, 4.69) is 26.0 Å². The molecule has 0 unspecified atom stereocenters. The first-order chi connectivity index (χ1) is 7.36. The molecule has 0 nitrogen and oxygen atoms in total. The van der Waals surface area contributed by atoms with Gasteiger partial charge in [-0.05, 0) is 25.7 Å². The Morgan fingerprint density at radius 1 is 1.00 bits per heavy atom. The summed E-state index contributed by atoms with van der Waals surface area (Å²) in [6.45, 7) is 4.54. The van der Waals surface area contributed by atoms with Gasteiger partial charge in [0.25, 0.3) is 0 Å². The predicted octanol–water partition coefficient (Wildman–Crippen LogP) is 5.40. The summed E-state index contributed by atoms with van der Waals surface area (Å²) in [5.74, 6) is 0. The Bertz CT molecular complexity index is 220. The molecular formula is C15H26. The van der Waals surface area contributed by atoms with Crippen molar-refractivity contribution in [1.82, 2.24) is 0 Å². The average molecular weight is 206 g/mol. The zero-order valence-electron chi connectivity index (χ0n) is 10.5. The lowest BCUT2D eigenvalue weighted by molar-refractivity contribution is 0.608. The molecule has 0 heterocycles. The normalized spacial score (nSPS) is 15.3. The second kappa shape index (κ2) is 7.73. The summed E-state index contributed by atoms with van der Waals surface area (Å²) >= 11 is 0. The maximum absolute atomic E-state index is 2.42. The summed E-state index contributed by atoms with van der Waals surface area (Å²) in [4.78, 5) is 0. The topological polar surface area (TPSA) is 0 Å². The van der Waals surface area contributed by atoms with Crippen molar-refractivity contribution >= 4 is 0 Å². The van der Waals surface area contributed by atoms with Crippen molar-refractivity contribution in [1.29, 1.82) is 0 Å². The minimum atomic E-state index is 1.22. The number of allylic oxidation sites excluding steroid dienone is 4. The van der Waals surface area contributed by atoms with Gasteiger partial charge in [0, 0.05) is 0 Å². The van der Waals surface area contributed by atoms with Crippen molar-refractivity contribution < 1.29 is 0 Å². The van der Waals surface area contributed by atoms with Gasteiger partial charge in [0.15, 0.2) is 0 Å². The molecule has 0 heteroatoms. The molecule has 0 bridgehead atoms. The molecule has 0 radical (unpaired) electrons. The van der Waals surface area contributed by atoms with Crippen LogP contribution in [0.25, 0.3) is 0 Å². The van der Waals surface area contributed by atoms with Crippen molar-refractivity contribution in [3.05, 3.63) is 23.3 Å². The Kier molecular flexibility index (Phi) is 6.47. The minimum Gasteiger partial charge on any atom is -0.0772 e. The van der Waals surface area contributed by atoms with Gasteiger partial charge >= 0.3 is 0 Å². The molecule has 0 N–H and O–H groups in total. The van der Waals surface area contributed by atoms with Crippen molar-refractivity contribution in [3.63, 3.8) is 0 Å². The highest BCUT2D eigenvalue weighted by Gasteiger charge is 2.04. The van der Waals surface area contributed by atoms with E-state index in [1.54, 1.807) is 11.1 Å². The highest BCUT2D eigenvalue weighted by Crippen LogP contribution is 2.24. The summed E-state index contributed by atoms with van der Waals surface area (Å²) in [7, 11) is 0. The zero-order chi connectivity index (χ0) is 10.9. The predicted molar refractivity (Wildman–Crippen MR) is 69.1 cm³/mol. The number of unbranched alkanes of at least 4 members (excludes halogenated alkanes) is 5. The van der Waals surface area contributed by atoms with E-state index in [0.29, 0.717) is 0 Å². The van der Waals surface area contributed by atoms with Gasteiger partial charge in [-0.3, -0.25) is 0 Å². The second-order valence-electron chi connectivity index (χ2n) is 4.66. The van der Waals surface area contributed by atoms with Crippen molar-refractivity contribution in [3.8, 4) is 0 Å². The fourth-order valence-corrected chi connectivity index (χ4v) is 2.17. The van der Waals surface area contributed by atoms with Gasteiger partial charge in [-0.2, -0.15) is 0 Å². The minimum absolute atomic E-state index is 1.22. The van der Waals surface area contributed by atoms with Gasteiger partial charge in [-0.15, -0.1) is 0 Å². The van der Waals surface area contributed by atoms with E-state index < -0.39 is 0 Å². The monoisotopic (exact) mass is 206 g/mol. The van der Waals surface area contributed by atoms with E-state index >= 15 is 0 Å². The summed E-state index contributed by atoms with van der Waals surface area (Å²) < 4.78 is 0. The number of hydrogen-bond acceptors (Lipinski definition) is 0. The molecule has 0 aromatic rings. The molecule has 0 saturated carbocycles. The largest absolute Gasteiger partial charge is 0.0772 e. The van der Waals surface area contributed by atoms with Crippen LogP contribution in [0.4, 0.5) is 0 Å². The Labute approximate surface area is 95.5 Å². The third-order valence-electron chi connectivity index (χ3n) is 3.29. The van der Waals surface area contributed by atoms with E-state index in [4.69, 9.17) is 0 Å². The lowest BCUT2D eigenvalue weighted by Gasteiger charge is -2.00. The second-order valence-corrected chi connectivity index (χ2v) is 4.66. The summed E-state index contributed by atoms with van der Waals surface area (Å²) in [5.41, 5.74) is 3.22. The maximum Gasteiger partial charge on any atom is -0.0130 e. The van der Waals surface area contributed by atoms with Crippen LogP contribution in [-0.4, -0.2) is 0 Å². The van der Waals surface area contributed by atoms with Crippen molar-refractivity contribution in [2.75, 3.05) is 0 Å². The average Bonchev–Trinajstić information content (AvgIpc) is 2.71.